The van der Waals surface area contributed by atoms with E-state index in [1.54, 1.807) is 0 Å². The molecule has 1 atom stereocenters. The normalized spacial score (nSPS) is 17.3. The zero-order valence-corrected chi connectivity index (χ0v) is 15.2. The lowest BCUT2D eigenvalue weighted by atomic mass is 9.88. The van der Waals surface area contributed by atoms with E-state index in [4.69, 9.17) is 9.47 Å². The lowest BCUT2D eigenvalue weighted by Gasteiger charge is -2.38. The van der Waals surface area contributed by atoms with Gasteiger partial charge in [-0.15, -0.1) is 0 Å². The fourth-order valence-corrected chi connectivity index (χ4v) is 2.77. The van der Waals surface area contributed by atoms with Gasteiger partial charge in [0.2, 0.25) is 0 Å². The zero-order chi connectivity index (χ0) is 18.7. The molecule has 1 heterocycles. The molecule has 0 saturated carbocycles. The molecule has 1 unspecified atom stereocenters. The van der Waals surface area contributed by atoms with Crippen molar-refractivity contribution in [3.05, 3.63) is 66.4 Å². The van der Waals surface area contributed by atoms with Crippen molar-refractivity contribution in [2.24, 2.45) is 5.41 Å². The third-order valence-electron chi connectivity index (χ3n) is 4.31. The van der Waals surface area contributed by atoms with E-state index in [2.05, 4.69) is 0 Å². The Kier molecular flexibility index (Phi) is 4.89. The van der Waals surface area contributed by atoms with E-state index in [1.807, 2.05) is 75.4 Å². The minimum atomic E-state index is -1.01. The average Bonchev–Trinajstić information content (AvgIpc) is 2.62. The van der Waals surface area contributed by atoms with Gasteiger partial charge in [0.1, 0.15) is 23.9 Å². The second-order valence-electron chi connectivity index (χ2n) is 7.30. The van der Waals surface area contributed by atoms with E-state index in [0.29, 0.717) is 22.8 Å². The first kappa shape index (κ1) is 17.9. The molecule has 26 heavy (non-hydrogen) atoms. The number of para-hydroxylation sites is 2. The van der Waals surface area contributed by atoms with Gasteiger partial charge in [-0.3, -0.25) is 4.90 Å². The molecule has 2 aromatic rings. The lowest BCUT2D eigenvalue weighted by Crippen LogP contribution is -2.44. The second kappa shape index (κ2) is 7.12. The Bertz CT molecular complexity index is 808. The maximum Gasteiger partial charge on any atom is 0.412 e. The van der Waals surface area contributed by atoms with E-state index >= 15 is 0 Å². The van der Waals surface area contributed by atoms with Crippen LogP contribution in [0.25, 0.3) is 5.70 Å². The topological polar surface area (TPSA) is 59.0 Å². The molecule has 0 fully saturated rings. The van der Waals surface area contributed by atoms with Crippen LogP contribution in [-0.4, -0.2) is 28.7 Å². The van der Waals surface area contributed by atoms with Gasteiger partial charge in [-0.2, -0.15) is 0 Å². The summed E-state index contributed by atoms with van der Waals surface area (Å²) >= 11 is 0. The molecule has 0 aromatic heterocycles. The van der Waals surface area contributed by atoms with Gasteiger partial charge in [0.15, 0.2) is 0 Å². The molecule has 0 radical (unpaired) electrons. The quantitative estimate of drug-likeness (QED) is 0.824. The zero-order valence-electron chi connectivity index (χ0n) is 15.2. The number of rotatable bonds is 3. The molecule has 3 rings (SSSR count). The van der Waals surface area contributed by atoms with Gasteiger partial charge in [-0.05, 0) is 24.3 Å². The van der Waals surface area contributed by atoms with Crippen molar-refractivity contribution in [2.45, 2.75) is 26.9 Å². The summed E-state index contributed by atoms with van der Waals surface area (Å²) in [5.74, 6) is 1.26. The van der Waals surface area contributed by atoms with Crippen LogP contribution in [-0.2, 0) is 4.74 Å². The number of carbonyl (C=O) groups is 1. The predicted molar refractivity (Wildman–Crippen MR) is 100.0 cm³/mol. The fourth-order valence-electron chi connectivity index (χ4n) is 2.77. The molecule has 1 amide bonds. The van der Waals surface area contributed by atoms with Crippen LogP contribution in [0.2, 0.25) is 0 Å². The Morgan fingerprint density at radius 3 is 2.42 bits per heavy atom. The third-order valence-corrected chi connectivity index (χ3v) is 4.31. The van der Waals surface area contributed by atoms with Crippen molar-refractivity contribution in [2.75, 3.05) is 6.54 Å². The monoisotopic (exact) mass is 353 g/mol. The van der Waals surface area contributed by atoms with Crippen LogP contribution >= 0.6 is 0 Å². The largest absolute Gasteiger partial charge is 0.493 e. The number of ether oxygens (including phenoxy) is 2. The minimum absolute atomic E-state index is 0.171. The Morgan fingerprint density at radius 2 is 1.77 bits per heavy atom. The van der Waals surface area contributed by atoms with Crippen LogP contribution in [0, 0.1) is 5.41 Å². The summed E-state index contributed by atoms with van der Waals surface area (Å²) in [6.07, 6.45) is 0.300. The molecule has 0 spiro atoms. The van der Waals surface area contributed by atoms with E-state index in [-0.39, 0.29) is 18.1 Å². The summed E-state index contributed by atoms with van der Waals surface area (Å²) in [6, 6.07) is 16.8. The highest BCUT2D eigenvalue weighted by Crippen LogP contribution is 2.36. The van der Waals surface area contributed by atoms with Crippen LogP contribution in [0.4, 0.5) is 4.79 Å². The van der Waals surface area contributed by atoms with Crippen LogP contribution in [0.5, 0.6) is 11.5 Å². The van der Waals surface area contributed by atoms with Crippen LogP contribution in [0.1, 0.15) is 26.3 Å². The number of hydrogen-bond donors (Lipinski definition) is 1. The lowest BCUT2D eigenvalue weighted by molar-refractivity contribution is 0.0143. The van der Waals surface area contributed by atoms with Crippen molar-refractivity contribution in [3.8, 4) is 11.5 Å². The highest BCUT2D eigenvalue weighted by Gasteiger charge is 2.35. The summed E-state index contributed by atoms with van der Waals surface area (Å²) in [7, 11) is 0. The molecule has 1 N–H and O–H groups in total. The van der Waals surface area contributed by atoms with E-state index in [9.17, 15) is 9.90 Å². The van der Waals surface area contributed by atoms with Gasteiger partial charge in [-0.1, -0.05) is 51.1 Å². The molecule has 5 heteroatoms. The molecule has 2 aromatic carbocycles. The van der Waals surface area contributed by atoms with E-state index in [1.165, 1.54) is 11.2 Å². The molecule has 5 nitrogen and oxygen atoms in total. The summed E-state index contributed by atoms with van der Waals surface area (Å²) in [4.78, 5) is 13.2. The molecular formula is C21H23NO4. The molecular weight excluding hydrogens is 330 g/mol. The highest BCUT2D eigenvalue weighted by atomic mass is 16.5. The fraction of sp³-hybridized carbons (Fsp3) is 0.286. The standard InChI is InChI=1S/C21H23NO4/c1-21(2,3)19-13-22(20(23)24)17(14-25-19)16-11-7-8-12-18(16)26-15-9-5-4-6-10-15/h4-12,14,19H,13H2,1-3H3,(H,23,24). The number of nitrogens with zero attached hydrogens (tertiary/aromatic N) is 1. The molecule has 0 saturated heterocycles. The third kappa shape index (κ3) is 3.82. The number of amides is 1. The first-order chi connectivity index (χ1) is 12.4. The molecule has 0 bridgehead atoms. The molecule has 0 aliphatic carbocycles. The van der Waals surface area contributed by atoms with Crippen LogP contribution < -0.4 is 4.74 Å². The Morgan fingerprint density at radius 1 is 1.12 bits per heavy atom. The van der Waals surface area contributed by atoms with Crippen molar-refractivity contribution in [3.63, 3.8) is 0 Å². The molecule has 1 aliphatic rings. The Balaban J connectivity index is 1.97. The first-order valence-corrected chi connectivity index (χ1v) is 8.54. The number of hydrogen-bond acceptors (Lipinski definition) is 3. The van der Waals surface area contributed by atoms with E-state index < -0.39 is 6.09 Å². The maximum absolute atomic E-state index is 11.9. The number of carboxylic acid groups (broad SMARTS) is 1. The highest BCUT2D eigenvalue weighted by molar-refractivity contribution is 5.83. The van der Waals surface area contributed by atoms with E-state index in [0.717, 1.165) is 0 Å². The predicted octanol–water partition coefficient (Wildman–Crippen LogP) is 5.20. The van der Waals surface area contributed by atoms with Gasteiger partial charge < -0.3 is 14.6 Å². The van der Waals surface area contributed by atoms with Gasteiger partial charge in [-0.25, -0.2) is 4.79 Å². The SMILES string of the molecule is CC(C)(C)C1CN(C(=O)O)C(c2ccccc2Oc2ccccc2)=CO1. The summed E-state index contributed by atoms with van der Waals surface area (Å²) in [6.45, 7) is 6.36. The minimum Gasteiger partial charge on any atom is -0.493 e. The van der Waals surface area contributed by atoms with Crippen molar-refractivity contribution in [1.29, 1.82) is 0 Å². The van der Waals surface area contributed by atoms with Gasteiger partial charge >= 0.3 is 6.09 Å². The first-order valence-electron chi connectivity index (χ1n) is 8.54. The Labute approximate surface area is 153 Å². The Hall–Kier alpha value is -2.95. The van der Waals surface area contributed by atoms with Gasteiger partial charge in [0.05, 0.1) is 12.2 Å². The number of benzene rings is 2. The second-order valence-corrected chi connectivity index (χ2v) is 7.30. The van der Waals surface area contributed by atoms with Crippen molar-refractivity contribution >= 4 is 11.8 Å². The van der Waals surface area contributed by atoms with Crippen molar-refractivity contribution in [1.82, 2.24) is 4.90 Å². The molecule has 136 valence electrons. The van der Waals surface area contributed by atoms with Crippen LogP contribution in [0.3, 0.4) is 0 Å². The van der Waals surface area contributed by atoms with Gasteiger partial charge in [0.25, 0.3) is 0 Å². The smallest absolute Gasteiger partial charge is 0.412 e. The summed E-state index contributed by atoms with van der Waals surface area (Å²) in [5, 5.41) is 9.72. The average molecular weight is 353 g/mol. The summed E-state index contributed by atoms with van der Waals surface area (Å²) < 4.78 is 11.8. The maximum atomic E-state index is 11.9. The van der Waals surface area contributed by atoms with Gasteiger partial charge in [0, 0.05) is 11.0 Å². The molecule has 1 aliphatic heterocycles. The van der Waals surface area contributed by atoms with Crippen molar-refractivity contribution < 1.29 is 19.4 Å². The summed E-state index contributed by atoms with van der Waals surface area (Å²) in [5.41, 5.74) is 0.978. The van der Waals surface area contributed by atoms with Crippen LogP contribution in [0.15, 0.2) is 60.9 Å².